The van der Waals surface area contributed by atoms with E-state index in [2.05, 4.69) is 27.4 Å². The van der Waals surface area contributed by atoms with Gasteiger partial charge in [0.2, 0.25) is 5.88 Å². The van der Waals surface area contributed by atoms with Crippen molar-refractivity contribution in [3.63, 3.8) is 0 Å². The van der Waals surface area contributed by atoms with Crippen molar-refractivity contribution < 1.29 is 4.74 Å². The molecule has 1 aromatic carbocycles. The Morgan fingerprint density at radius 1 is 1.25 bits per heavy atom. The van der Waals surface area contributed by atoms with Gasteiger partial charge in [-0.25, -0.2) is 9.98 Å². The highest BCUT2D eigenvalue weighted by Crippen LogP contribution is 2.25. The Hall–Kier alpha value is -1.98. The molecule has 0 spiro atoms. The summed E-state index contributed by atoms with van der Waals surface area (Å²) in [5.41, 5.74) is 9.68. The Morgan fingerprint density at radius 3 is 2.92 bits per heavy atom. The summed E-state index contributed by atoms with van der Waals surface area (Å²) in [4.78, 5) is 8.25. The van der Waals surface area contributed by atoms with E-state index in [4.69, 9.17) is 33.7 Å². The molecule has 0 radical (unpaired) electrons. The highest BCUT2D eigenvalue weighted by molar-refractivity contribution is 6.35. The zero-order chi connectivity index (χ0) is 16.9. The lowest BCUT2D eigenvalue weighted by molar-refractivity contribution is 0.316. The van der Waals surface area contributed by atoms with Gasteiger partial charge in [-0.3, -0.25) is 0 Å². The van der Waals surface area contributed by atoms with E-state index in [1.54, 1.807) is 6.07 Å². The molecule has 3 rings (SSSR count). The summed E-state index contributed by atoms with van der Waals surface area (Å²) >= 11 is 11.8. The van der Waals surface area contributed by atoms with Crippen LogP contribution in [-0.4, -0.2) is 24.1 Å². The molecule has 126 valence electrons. The van der Waals surface area contributed by atoms with Crippen LogP contribution in [0.2, 0.25) is 10.0 Å². The molecule has 2 aromatic rings. The first-order valence-corrected chi connectivity index (χ1v) is 8.50. The van der Waals surface area contributed by atoms with E-state index in [1.165, 1.54) is 23.7 Å². The number of hydrogen-bond donors (Lipinski definition) is 2. The number of aromatic nitrogens is 1. The zero-order valence-corrected chi connectivity index (χ0v) is 14.6. The Morgan fingerprint density at radius 2 is 2.08 bits per heavy atom. The molecule has 0 bridgehead atoms. The van der Waals surface area contributed by atoms with Gasteiger partial charge in [-0.2, -0.15) is 0 Å². The summed E-state index contributed by atoms with van der Waals surface area (Å²) < 4.78 is 5.46. The lowest BCUT2D eigenvalue weighted by Gasteiger charge is -2.08. The fourth-order valence-corrected chi connectivity index (χ4v) is 3.09. The number of aliphatic imine (C=N–C) groups is 1. The van der Waals surface area contributed by atoms with Crippen LogP contribution < -0.4 is 15.8 Å². The maximum Gasteiger partial charge on any atom is 0.232 e. The van der Waals surface area contributed by atoms with Gasteiger partial charge in [0.1, 0.15) is 11.6 Å². The molecule has 0 saturated carbocycles. The van der Waals surface area contributed by atoms with Crippen molar-refractivity contribution in [1.82, 2.24) is 4.98 Å². The van der Waals surface area contributed by atoms with Crippen molar-refractivity contribution in [3.8, 4) is 5.88 Å². The van der Waals surface area contributed by atoms with Gasteiger partial charge in [-0.05, 0) is 48.6 Å². The molecule has 1 aliphatic rings. The number of benzene rings is 1. The molecule has 0 atom stereocenters. The smallest absolute Gasteiger partial charge is 0.232 e. The minimum absolute atomic E-state index is 0.320. The lowest BCUT2D eigenvalue weighted by Crippen LogP contribution is -2.23. The summed E-state index contributed by atoms with van der Waals surface area (Å²) in [5.74, 6) is 0.688. The zero-order valence-electron chi connectivity index (χ0n) is 13.1. The second-order valence-corrected chi connectivity index (χ2v) is 6.36. The van der Waals surface area contributed by atoms with Crippen molar-refractivity contribution in [1.29, 1.82) is 0 Å². The average Bonchev–Trinajstić information content (AvgIpc) is 3.01. The SMILES string of the molecule is NC(=NCCOc1ncc(Cl)cc1Cl)Nc1ccc2c(c1)CCC2. The largest absolute Gasteiger partial charge is 0.475 e. The Kier molecular flexibility index (Phi) is 5.43. The number of anilines is 1. The number of halogens is 2. The first-order valence-electron chi connectivity index (χ1n) is 7.74. The Labute approximate surface area is 150 Å². The number of nitrogens with two attached hydrogens (primary N) is 1. The maximum atomic E-state index is 5.98. The molecule has 0 saturated heterocycles. The van der Waals surface area contributed by atoms with E-state index in [0.29, 0.717) is 35.0 Å². The van der Waals surface area contributed by atoms with E-state index in [1.807, 2.05) is 6.07 Å². The fourth-order valence-electron chi connectivity index (χ4n) is 2.65. The van der Waals surface area contributed by atoms with E-state index < -0.39 is 0 Å². The minimum Gasteiger partial charge on any atom is -0.475 e. The second kappa shape index (κ2) is 7.73. The monoisotopic (exact) mass is 364 g/mol. The average molecular weight is 365 g/mol. The normalized spacial score (nSPS) is 13.7. The number of nitrogens with one attached hydrogen (secondary N) is 1. The molecular formula is C17H18Cl2N4O. The number of pyridine rings is 1. The van der Waals surface area contributed by atoms with Crippen molar-refractivity contribution >= 4 is 34.8 Å². The maximum absolute atomic E-state index is 5.98. The Bertz CT molecular complexity index is 764. The predicted octanol–water partition coefficient (Wildman–Crippen LogP) is 3.68. The summed E-state index contributed by atoms with van der Waals surface area (Å²) in [6, 6.07) is 7.90. The van der Waals surface area contributed by atoms with Crippen molar-refractivity contribution in [2.45, 2.75) is 19.3 Å². The fraction of sp³-hybridized carbons (Fsp3) is 0.294. The number of fused-ring (bicyclic) bond motifs is 1. The summed E-state index contributed by atoms with van der Waals surface area (Å²) in [5, 5.41) is 3.94. The standard InChI is InChI=1S/C17H18Cl2N4O/c18-13-9-15(19)16(22-10-13)24-7-6-21-17(20)23-14-5-4-11-2-1-3-12(11)8-14/h4-5,8-10H,1-3,6-7H2,(H3,20,21,23). The van der Waals surface area contributed by atoms with Crippen LogP contribution in [0.5, 0.6) is 5.88 Å². The van der Waals surface area contributed by atoms with Crippen LogP contribution in [0.4, 0.5) is 5.69 Å². The second-order valence-electron chi connectivity index (χ2n) is 5.52. The molecule has 5 nitrogen and oxygen atoms in total. The third-order valence-electron chi connectivity index (χ3n) is 3.76. The van der Waals surface area contributed by atoms with Crippen LogP contribution in [0.1, 0.15) is 17.5 Å². The van der Waals surface area contributed by atoms with Crippen LogP contribution in [0, 0.1) is 0 Å². The van der Waals surface area contributed by atoms with Gasteiger partial charge in [-0.15, -0.1) is 0 Å². The first kappa shape index (κ1) is 16.9. The van der Waals surface area contributed by atoms with E-state index in [-0.39, 0.29) is 0 Å². The van der Waals surface area contributed by atoms with Gasteiger partial charge in [0.05, 0.1) is 11.6 Å². The molecule has 7 heteroatoms. The van der Waals surface area contributed by atoms with Crippen molar-refractivity contribution in [2.24, 2.45) is 10.7 Å². The molecule has 1 aliphatic carbocycles. The topological polar surface area (TPSA) is 72.5 Å². The molecule has 1 aromatic heterocycles. The summed E-state index contributed by atoms with van der Waals surface area (Å²) in [6.07, 6.45) is 5.00. The van der Waals surface area contributed by atoms with Crippen LogP contribution in [0.3, 0.4) is 0 Å². The van der Waals surface area contributed by atoms with E-state index in [0.717, 1.165) is 18.5 Å². The van der Waals surface area contributed by atoms with Crippen molar-refractivity contribution in [3.05, 3.63) is 51.6 Å². The summed E-state index contributed by atoms with van der Waals surface area (Å²) in [7, 11) is 0. The van der Waals surface area contributed by atoms with Gasteiger partial charge in [0.25, 0.3) is 0 Å². The van der Waals surface area contributed by atoms with Crippen LogP contribution in [-0.2, 0) is 12.8 Å². The molecule has 24 heavy (non-hydrogen) atoms. The van der Waals surface area contributed by atoms with Crippen LogP contribution >= 0.6 is 23.2 Å². The summed E-state index contributed by atoms with van der Waals surface area (Å²) in [6.45, 7) is 0.714. The first-order chi connectivity index (χ1) is 11.6. The molecule has 0 unspecified atom stereocenters. The number of ether oxygens (including phenoxy) is 1. The highest BCUT2D eigenvalue weighted by Gasteiger charge is 2.10. The van der Waals surface area contributed by atoms with E-state index >= 15 is 0 Å². The predicted molar refractivity (Wildman–Crippen MR) is 98.3 cm³/mol. The van der Waals surface area contributed by atoms with Crippen molar-refractivity contribution in [2.75, 3.05) is 18.5 Å². The highest BCUT2D eigenvalue weighted by atomic mass is 35.5. The third kappa shape index (κ3) is 4.30. The molecule has 1 heterocycles. The molecular weight excluding hydrogens is 347 g/mol. The van der Waals surface area contributed by atoms with Gasteiger partial charge in [0, 0.05) is 11.9 Å². The molecule has 0 fully saturated rings. The van der Waals surface area contributed by atoms with Crippen LogP contribution in [0.25, 0.3) is 0 Å². The van der Waals surface area contributed by atoms with E-state index in [9.17, 15) is 0 Å². The van der Waals surface area contributed by atoms with Gasteiger partial charge < -0.3 is 15.8 Å². The molecule has 0 amide bonds. The molecule has 3 N–H and O–H groups in total. The van der Waals surface area contributed by atoms with Gasteiger partial charge in [0.15, 0.2) is 5.96 Å². The quantitative estimate of drug-likeness (QED) is 0.482. The number of rotatable bonds is 5. The number of hydrogen-bond acceptors (Lipinski definition) is 3. The van der Waals surface area contributed by atoms with Gasteiger partial charge in [-0.1, -0.05) is 29.3 Å². The lowest BCUT2D eigenvalue weighted by atomic mass is 10.1. The number of aryl methyl sites for hydroxylation is 2. The number of guanidine groups is 1. The minimum atomic E-state index is 0.320. The Balaban J connectivity index is 1.49. The van der Waals surface area contributed by atoms with Crippen LogP contribution in [0.15, 0.2) is 35.5 Å². The third-order valence-corrected chi connectivity index (χ3v) is 4.23. The number of nitrogens with zero attached hydrogens (tertiary/aromatic N) is 2. The molecule has 0 aliphatic heterocycles. The van der Waals surface area contributed by atoms with Gasteiger partial charge >= 0.3 is 0 Å².